The highest BCUT2D eigenvalue weighted by atomic mass is 16.4. The second-order valence-corrected chi connectivity index (χ2v) is 4.66. The first-order valence-electron chi connectivity index (χ1n) is 5.59. The Balaban J connectivity index is 2.43. The van der Waals surface area contributed by atoms with Crippen LogP contribution in [0.5, 0.6) is 0 Å². The van der Waals surface area contributed by atoms with Crippen LogP contribution >= 0.6 is 0 Å². The van der Waals surface area contributed by atoms with Crippen molar-refractivity contribution in [2.24, 2.45) is 0 Å². The van der Waals surface area contributed by atoms with Crippen LogP contribution in [0.15, 0.2) is 16.9 Å². The Morgan fingerprint density at radius 2 is 2.18 bits per heavy atom. The molecule has 2 N–H and O–H groups in total. The van der Waals surface area contributed by atoms with E-state index in [1.807, 2.05) is 0 Å². The molecule has 1 aromatic heterocycles. The van der Waals surface area contributed by atoms with Crippen molar-refractivity contribution >= 4 is 5.97 Å². The molecular weight excluding hydrogens is 222 g/mol. The first-order chi connectivity index (χ1) is 7.92. The maximum absolute atomic E-state index is 11.7. The minimum Gasteiger partial charge on any atom is -0.479 e. The van der Waals surface area contributed by atoms with Gasteiger partial charge in [0.25, 0.3) is 5.56 Å². The first kappa shape index (κ1) is 11.9. The Kier molecular flexibility index (Phi) is 2.79. The second kappa shape index (κ2) is 4.00. The highest BCUT2D eigenvalue weighted by molar-refractivity contribution is 5.76. The van der Waals surface area contributed by atoms with Crippen LogP contribution in [0.3, 0.4) is 0 Å². The van der Waals surface area contributed by atoms with E-state index in [1.54, 1.807) is 6.07 Å². The SMILES string of the molecule is CC(O)(Cn1c2c(ccc1=O)CCC2)C(=O)O. The number of aliphatic carboxylic acids is 1. The fourth-order valence-electron chi connectivity index (χ4n) is 2.18. The summed E-state index contributed by atoms with van der Waals surface area (Å²) in [7, 11) is 0. The van der Waals surface area contributed by atoms with Crippen LogP contribution in [-0.2, 0) is 24.2 Å². The molecule has 0 saturated heterocycles. The number of hydrogen-bond donors (Lipinski definition) is 2. The Hall–Kier alpha value is -1.62. The zero-order chi connectivity index (χ0) is 12.6. The topological polar surface area (TPSA) is 79.5 Å². The van der Waals surface area contributed by atoms with Crippen molar-refractivity contribution in [3.05, 3.63) is 33.7 Å². The molecule has 0 aliphatic heterocycles. The number of carboxylic acids is 1. The third-order valence-electron chi connectivity index (χ3n) is 3.18. The fourth-order valence-corrected chi connectivity index (χ4v) is 2.18. The predicted molar refractivity (Wildman–Crippen MR) is 61.0 cm³/mol. The van der Waals surface area contributed by atoms with Crippen molar-refractivity contribution in [1.29, 1.82) is 0 Å². The summed E-state index contributed by atoms with van der Waals surface area (Å²) in [5.41, 5.74) is -0.237. The maximum atomic E-state index is 11.7. The number of carbonyl (C=O) groups is 1. The molecule has 1 aromatic rings. The summed E-state index contributed by atoms with van der Waals surface area (Å²) in [6, 6.07) is 3.22. The van der Waals surface area contributed by atoms with Crippen LogP contribution in [0.25, 0.3) is 0 Å². The molecule has 1 aliphatic carbocycles. The minimum atomic E-state index is -1.92. The van der Waals surface area contributed by atoms with E-state index in [1.165, 1.54) is 17.6 Å². The second-order valence-electron chi connectivity index (χ2n) is 4.66. The average molecular weight is 237 g/mol. The lowest BCUT2D eigenvalue weighted by Gasteiger charge is -2.21. The van der Waals surface area contributed by atoms with Gasteiger partial charge in [-0.25, -0.2) is 4.79 Å². The van der Waals surface area contributed by atoms with Crippen molar-refractivity contribution in [3.8, 4) is 0 Å². The standard InChI is InChI=1S/C12H15NO4/c1-12(17,11(15)16)7-13-9-4-2-3-8(9)5-6-10(13)14/h5-6,17H,2-4,7H2,1H3,(H,15,16). The maximum Gasteiger partial charge on any atom is 0.337 e. The third-order valence-corrected chi connectivity index (χ3v) is 3.18. The number of fused-ring (bicyclic) bond motifs is 1. The number of hydrogen-bond acceptors (Lipinski definition) is 3. The summed E-state index contributed by atoms with van der Waals surface area (Å²) in [5.74, 6) is -1.32. The molecule has 5 nitrogen and oxygen atoms in total. The van der Waals surface area contributed by atoms with Gasteiger partial charge in [0.2, 0.25) is 0 Å². The van der Waals surface area contributed by atoms with Crippen molar-refractivity contribution in [2.45, 2.75) is 38.3 Å². The fraction of sp³-hybridized carbons (Fsp3) is 0.500. The van der Waals surface area contributed by atoms with Gasteiger partial charge in [0.05, 0.1) is 6.54 Å². The van der Waals surface area contributed by atoms with Gasteiger partial charge in [-0.2, -0.15) is 0 Å². The molecule has 0 amide bonds. The third kappa shape index (κ3) is 2.10. The number of pyridine rings is 1. The lowest BCUT2D eigenvalue weighted by molar-refractivity contribution is -0.158. The van der Waals surface area contributed by atoms with E-state index in [0.717, 1.165) is 30.5 Å². The van der Waals surface area contributed by atoms with Gasteiger partial charge < -0.3 is 14.8 Å². The molecular formula is C12H15NO4. The van der Waals surface area contributed by atoms with E-state index in [4.69, 9.17) is 5.11 Å². The number of aromatic nitrogens is 1. The molecule has 0 radical (unpaired) electrons. The molecule has 1 atom stereocenters. The summed E-state index contributed by atoms with van der Waals surface area (Å²) < 4.78 is 1.39. The van der Waals surface area contributed by atoms with E-state index in [2.05, 4.69) is 0 Å². The van der Waals surface area contributed by atoms with Gasteiger partial charge in [0.1, 0.15) is 0 Å². The molecule has 1 heterocycles. The van der Waals surface area contributed by atoms with Gasteiger partial charge in [-0.15, -0.1) is 0 Å². The molecule has 17 heavy (non-hydrogen) atoms. The number of rotatable bonds is 3. The van der Waals surface area contributed by atoms with Gasteiger partial charge in [0, 0.05) is 11.8 Å². The van der Waals surface area contributed by atoms with Crippen LogP contribution in [0.1, 0.15) is 24.6 Å². The van der Waals surface area contributed by atoms with Crippen molar-refractivity contribution in [1.82, 2.24) is 4.57 Å². The highest BCUT2D eigenvalue weighted by Gasteiger charge is 2.32. The number of aryl methyl sites for hydroxylation is 1. The number of aliphatic hydroxyl groups is 1. The Morgan fingerprint density at radius 3 is 2.82 bits per heavy atom. The lowest BCUT2D eigenvalue weighted by Crippen LogP contribution is -2.43. The average Bonchev–Trinajstić information content (AvgIpc) is 2.70. The predicted octanol–water partition coefficient (Wildman–Crippen LogP) is 0.173. The van der Waals surface area contributed by atoms with E-state index in [-0.39, 0.29) is 12.1 Å². The minimum absolute atomic E-state index is 0.204. The molecule has 1 aliphatic rings. The summed E-state index contributed by atoms with van der Waals surface area (Å²) in [5, 5.41) is 18.6. The summed E-state index contributed by atoms with van der Waals surface area (Å²) in [4.78, 5) is 22.6. The van der Waals surface area contributed by atoms with Crippen LogP contribution < -0.4 is 5.56 Å². The molecule has 2 rings (SSSR count). The molecule has 92 valence electrons. The number of carboxylic acid groups (broad SMARTS) is 1. The van der Waals surface area contributed by atoms with Crippen molar-refractivity contribution in [2.75, 3.05) is 0 Å². The Morgan fingerprint density at radius 1 is 1.47 bits per heavy atom. The number of nitrogens with zero attached hydrogens (tertiary/aromatic N) is 1. The zero-order valence-corrected chi connectivity index (χ0v) is 9.64. The summed E-state index contributed by atoms with van der Waals surface area (Å²) >= 11 is 0. The molecule has 0 bridgehead atoms. The van der Waals surface area contributed by atoms with Crippen molar-refractivity contribution in [3.63, 3.8) is 0 Å². The molecule has 5 heteroatoms. The Bertz CT molecular complexity index is 516. The van der Waals surface area contributed by atoms with Crippen LogP contribution in [-0.4, -0.2) is 26.4 Å². The van der Waals surface area contributed by atoms with E-state index >= 15 is 0 Å². The molecule has 0 aromatic carbocycles. The van der Waals surface area contributed by atoms with E-state index in [9.17, 15) is 14.7 Å². The lowest BCUT2D eigenvalue weighted by atomic mass is 10.1. The normalized spacial score (nSPS) is 17.5. The van der Waals surface area contributed by atoms with Crippen LogP contribution in [0, 0.1) is 0 Å². The zero-order valence-electron chi connectivity index (χ0n) is 9.64. The summed E-state index contributed by atoms with van der Waals surface area (Å²) in [6.45, 7) is 1.00. The highest BCUT2D eigenvalue weighted by Crippen LogP contribution is 2.21. The molecule has 0 fully saturated rings. The van der Waals surface area contributed by atoms with Gasteiger partial charge in [-0.1, -0.05) is 6.07 Å². The summed E-state index contributed by atoms with van der Waals surface area (Å²) in [6.07, 6.45) is 2.64. The van der Waals surface area contributed by atoms with E-state index < -0.39 is 11.6 Å². The molecule has 0 saturated carbocycles. The van der Waals surface area contributed by atoms with Gasteiger partial charge >= 0.3 is 5.97 Å². The van der Waals surface area contributed by atoms with Gasteiger partial charge in [-0.3, -0.25) is 4.79 Å². The largest absolute Gasteiger partial charge is 0.479 e. The Labute approximate surface area is 98.3 Å². The van der Waals surface area contributed by atoms with Gasteiger partial charge in [-0.05, 0) is 31.7 Å². The van der Waals surface area contributed by atoms with Crippen molar-refractivity contribution < 1.29 is 15.0 Å². The molecule has 0 spiro atoms. The van der Waals surface area contributed by atoms with Crippen LogP contribution in [0.4, 0.5) is 0 Å². The monoisotopic (exact) mass is 237 g/mol. The molecule has 1 unspecified atom stereocenters. The van der Waals surface area contributed by atoms with Crippen LogP contribution in [0.2, 0.25) is 0 Å². The van der Waals surface area contributed by atoms with E-state index in [0.29, 0.717) is 0 Å². The quantitative estimate of drug-likeness (QED) is 0.785. The van der Waals surface area contributed by atoms with Gasteiger partial charge in [0.15, 0.2) is 5.60 Å². The smallest absolute Gasteiger partial charge is 0.337 e. The first-order valence-corrected chi connectivity index (χ1v) is 5.59.